The van der Waals surface area contributed by atoms with E-state index < -0.39 is 0 Å². The summed E-state index contributed by atoms with van der Waals surface area (Å²) in [5.41, 5.74) is 0. The highest BCUT2D eigenvalue weighted by atomic mass is 32.1. The molecule has 0 unspecified atom stereocenters. The summed E-state index contributed by atoms with van der Waals surface area (Å²) in [5.74, 6) is 0.682. The minimum absolute atomic E-state index is 0.682. The van der Waals surface area contributed by atoms with Crippen LogP contribution in [0.4, 0.5) is 0 Å². The fourth-order valence-corrected chi connectivity index (χ4v) is 1.33. The maximum atomic E-state index is 5.03. The predicted octanol–water partition coefficient (Wildman–Crippen LogP) is 2.19. The zero-order chi connectivity index (χ0) is 9.64. The molecule has 0 bridgehead atoms. The summed E-state index contributed by atoms with van der Waals surface area (Å²) in [7, 11) is 0. The molecule has 0 aromatic carbocycles. The van der Waals surface area contributed by atoms with Crippen molar-refractivity contribution in [1.82, 2.24) is 4.98 Å². The van der Waals surface area contributed by atoms with Crippen molar-refractivity contribution in [3.63, 3.8) is 0 Å². The molecule has 2 aromatic heterocycles. The summed E-state index contributed by atoms with van der Waals surface area (Å²) < 4.78 is 5.03. The average molecular weight is 205 g/mol. The Morgan fingerprint density at radius 1 is 1.36 bits per heavy atom. The Balaban J connectivity index is 1.94. The maximum absolute atomic E-state index is 5.03. The fourth-order valence-electron chi connectivity index (χ4n) is 0.836. The van der Waals surface area contributed by atoms with Gasteiger partial charge < -0.3 is 4.42 Å². The van der Waals surface area contributed by atoms with Crippen LogP contribution < -0.4 is 0 Å². The molecule has 4 nitrogen and oxygen atoms in total. The smallest absolute Gasteiger partial charge is 0.146 e. The quantitative estimate of drug-likeness (QED) is 0.569. The summed E-state index contributed by atoms with van der Waals surface area (Å²) in [6.07, 6.45) is 6.46. The van der Waals surface area contributed by atoms with Crippen LogP contribution in [-0.4, -0.2) is 17.4 Å². The van der Waals surface area contributed by atoms with Crippen LogP contribution in [0, 0.1) is 0 Å². The van der Waals surface area contributed by atoms with E-state index in [0.29, 0.717) is 5.76 Å². The molecule has 0 aliphatic rings. The summed E-state index contributed by atoms with van der Waals surface area (Å²) in [4.78, 5) is 4.02. The molecule has 0 amide bonds. The van der Waals surface area contributed by atoms with Crippen molar-refractivity contribution < 1.29 is 4.42 Å². The maximum Gasteiger partial charge on any atom is 0.146 e. The molecule has 0 saturated heterocycles. The van der Waals surface area contributed by atoms with Crippen molar-refractivity contribution in [3.05, 3.63) is 40.7 Å². The van der Waals surface area contributed by atoms with E-state index >= 15 is 0 Å². The van der Waals surface area contributed by atoms with Crippen LogP contribution >= 0.6 is 11.3 Å². The molecule has 0 aliphatic heterocycles. The van der Waals surface area contributed by atoms with Gasteiger partial charge in [0.15, 0.2) is 0 Å². The Morgan fingerprint density at radius 2 is 2.29 bits per heavy atom. The van der Waals surface area contributed by atoms with Gasteiger partial charge in [0.25, 0.3) is 0 Å². The van der Waals surface area contributed by atoms with Crippen LogP contribution in [0.15, 0.2) is 44.6 Å². The van der Waals surface area contributed by atoms with Gasteiger partial charge >= 0.3 is 0 Å². The van der Waals surface area contributed by atoms with Crippen LogP contribution in [0.2, 0.25) is 0 Å². The molecule has 0 atom stereocenters. The molecule has 2 heterocycles. The Kier molecular flexibility index (Phi) is 2.82. The van der Waals surface area contributed by atoms with Gasteiger partial charge in [-0.3, -0.25) is 0 Å². The van der Waals surface area contributed by atoms with E-state index in [0.717, 1.165) is 5.01 Å². The standard InChI is InChI=1S/C9H7N3OS/c1-2-8(13-4-1)6-11-12-7-9-10-3-5-14-9/h1-7H/b11-6+,12-7+. The third-order valence-electron chi connectivity index (χ3n) is 1.41. The number of hydrogen-bond donors (Lipinski definition) is 0. The number of thiazole rings is 1. The number of aromatic nitrogens is 1. The Labute approximate surface area is 84.6 Å². The first-order chi connectivity index (χ1) is 6.95. The van der Waals surface area contributed by atoms with Gasteiger partial charge in [-0.1, -0.05) is 0 Å². The Hall–Kier alpha value is -1.75. The molecule has 0 fully saturated rings. The van der Waals surface area contributed by atoms with E-state index in [-0.39, 0.29) is 0 Å². The lowest BCUT2D eigenvalue weighted by Gasteiger charge is -1.79. The SMILES string of the molecule is C(=N\N=C\c1nccs1)/c1ccco1. The fraction of sp³-hybridized carbons (Fsp3) is 0. The number of nitrogens with zero attached hydrogens (tertiary/aromatic N) is 3. The van der Waals surface area contributed by atoms with Crippen molar-refractivity contribution in [2.45, 2.75) is 0 Å². The lowest BCUT2D eigenvalue weighted by molar-refractivity contribution is 0.560. The second-order valence-corrected chi connectivity index (χ2v) is 3.30. The van der Waals surface area contributed by atoms with Crippen molar-refractivity contribution in [3.8, 4) is 0 Å². The first-order valence-corrected chi connectivity index (χ1v) is 4.82. The van der Waals surface area contributed by atoms with Crippen LogP contribution in [0.5, 0.6) is 0 Å². The van der Waals surface area contributed by atoms with Crippen molar-refractivity contribution in [2.24, 2.45) is 10.2 Å². The highest BCUT2D eigenvalue weighted by molar-refractivity contribution is 7.11. The normalized spacial score (nSPS) is 11.7. The summed E-state index contributed by atoms with van der Waals surface area (Å²) in [5, 5.41) is 10.3. The zero-order valence-electron chi connectivity index (χ0n) is 7.20. The Bertz CT molecular complexity index is 375. The monoisotopic (exact) mass is 205 g/mol. The average Bonchev–Trinajstić information content (AvgIpc) is 2.86. The number of hydrogen-bond acceptors (Lipinski definition) is 5. The first kappa shape index (κ1) is 8.83. The van der Waals surface area contributed by atoms with Crippen LogP contribution in [0.1, 0.15) is 10.8 Å². The predicted molar refractivity (Wildman–Crippen MR) is 56.0 cm³/mol. The summed E-state index contributed by atoms with van der Waals surface area (Å²) >= 11 is 1.51. The van der Waals surface area contributed by atoms with E-state index in [4.69, 9.17) is 4.42 Å². The number of furan rings is 1. The van der Waals surface area contributed by atoms with Gasteiger partial charge in [0.2, 0.25) is 0 Å². The topological polar surface area (TPSA) is 50.8 Å². The molecular weight excluding hydrogens is 198 g/mol. The molecule has 70 valence electrons. The molecule has 0 saturated carbocycles. The molecule has 2 rings (SSSR count). The number of rotatable bonds is 3. The molecule has 0 spiro atoms. The molecule has 14 heavy (non-hydrogen) atoms. The third kappa shape index (κ3) is 2.37. The van der Waals surface area contributed by atoms with E-state index in [9.17, 15) is 0 Å². The molecule has 0 radical (unpaired) electrons. The molecular formula is C9H7N3OS. The van der Waals surface area contributed by atoms with E-state index in [1.807, 2.05) is 11.4 Å². The van der Waals surface area contributed by atoms with E-state index in [2.05, 4.69) is 15.2 Å². The third-order valence-corrected chi connectivity index (χ3v) is 2.12. The molecule has 0 N–H and O–H groups in total. The van der Waals surface area contributed by atoms with Crippen molar-refractivity contribution in [2.75, 3.05) is 0 Å². The van der Waals surface area contributed by atoms with E-state index in [1.54, 1.807) is 31.0 Å². The lowest BCUT2D eigenvalue weighted by atomic mass is 10.5. The van der Waals surface area contributed by atoms with Crippen LogP contribution in [0.25, 0.3) is 0 Å². The van der Waals surface area contributed by atoms with Crippen LogP contribution in [-0.2, 0) is 0 Å². The van der Waals surface area contributed by atoms with Gasteiger partial charge in [-0.05, 0) is 12.1 Å². The second-order valence-electron chi connectivity index (χ2n) is 2.37. The lowest BCUT2D eigenvalue weighted by Crippen LogP contribution is -1.76. The largest absolute Gasteiger partial charge is 0.463 e. The molecule has 2 aromatic rings. The Morgan fingerprint density at radius 3 is 3.00 bits per heavy atom. The summed E-state index contributed by atoms with van der Waals surface area (Å²) in [6.45, 7) is 0. The van der Waals surface area contributed by atoms with Gasteiger partial charge in [0.1, 0.15) is 10.8 Å². The minimum Gasteiger partial charge on any atom is -0.463 e. The molecule has 0 aliphatic carbocycles. The minimum atomic E-state index is 0.682. The van der Waals surface area contributed by atoms with Crippen molar-refractivity contribution in [1.29, 1.82) is 0 Å². The van der Waals surface area contributed by atoms with Gasteiger partial charge in [-0.2, -0.15) is 10.2 Å². The van der Waals surface area contributed by atoms with Crippen molar-refractivity contribution >= 4 is 23.8 Å². The highest BCUT2D eigenvalue weighted by Crippen LogP contribution is 2.00. The van der Waals surface area contributed by atoms with Gasteiger partial charge in [-0.15, -0.1) is 11.3 Å². The first-order valence-electron chi connectivity index (χ1n) is 3.94. The zero-order valence-corrected chi connectivity index (χ0v) is 8.02. The highest BCUT2D eigenvalue weighted by Gasteiger charge is 1.87. The van der Waals surface area contributed by atoms with Crippen LogP contribution in [0.3, 0.4) is 0 Å². The van der Waals surface area contributed by atoms with Gasteiger partial charge in [0, 0.05) is 11.6 Å². The van der Waals surface area contributed by atoms with Gasteiger partial charge in [-0.25, -0.2) is 4.98 Å². The summed E-state index contributed by atoms with van der Waals surface area (Å²) in [6, 6.07) is 3.61. The van der Waals surface area contributed by atoms with E-state index in [1.165, 1.54) is 11.3 Å². The molecule has 5 heteroatoms. The van der Waals surface area contributed by atoms with Gasteiger partial charge in [0.05, 0.1) is 18.7 Å². The second kappa shape index (κ2) is 4.48.